The van der Waals surface area contributed by atoms with Crippen LogP contribution in [0.5, 0.6) is 5.75 Å². The standard InChI is InChI=1S/C18H20N4O/c1-12(2)17-18(22-11-13(3)5-10-16(22)19-17)21-20-14-6-8-15(23-4)9-7-14/h5-12H,1-4H3. The molecule has 2 heterocycles. The highest BCUT2D eigenvalue weighted by Gasteiger charge is 2.15. The number of aromatic nitrogens is 2. The van der Waals surface area contributed by atoms with E-state index in [4.69, 9.17) is 4.74 Å². The zero-order valence-corrected chi connectivity index (χ0v) is 13.8. The molecule has 3 rings (SSSR count). The molecule has 0 N–H and O–H groups in total. The van der Waals surface area contributed by atoms with Gasteiger partial charge in [0.05, 0.1) is 18.5 Å². The number of rotatable bonds is 4. The summed E-state index contributed by atoms with van der Waals surface area (Å²) < 4.78 is 7.15. The third-order valence-corrected chi connectivity index (χ3v) is 3.65. The van der Waals surface area contributed by atoms with E-state index in [2.05, 4.69) is 42.1 Å². The molecule has 0 aliphatic carbocycles. The average molecular weight is 308 g/mol. The van der Waals surface area contributed by atoms with Gasteiger partial charge in [-0.3, -0.25) is 4.40 Å². The second kappa shape index (κ2) is 6.20. The number of azo groups is 1. The Hall–Kier alpha value is -2.69. The van der Waals surface area contributed by atoms with Crippen LogP contribution in [0.3, 0.4) is 0 Å². The summed E-state index contributed by atoms with van der Waals surface area (Å²) in [4.78, 5) is 4.68. The number of fused-ring (bicyclic) bond motifs is 1. The van der Waals surface area contributed by atoms with Crippen molar-refractivity contribution in [3.8, 4) is 5.75 Å². The number of benzene rings is 1. The molecule has 0 bridgehead atoms. The van der Waals surface area contributed by atoms with Gasteiger partial charge in [0.2, 0.25) is 0 Å². The number of pyridine rings is 1. The maximum Gasteiger partial charge on any atom is 0.183 e. The summed E-state index contributed by atoms with van der Waals surface area (Å²) in [5.74, 6) is 1.87. The van der Waals surface area contributed by atoms with E-state index in [1.165, 1.54) is 0 Å². The van der Waals surface area contributed by atoms with Gasteiger partial charge in [-0.15, -0.1) is 10.2 Å². The number of ether oxygens (including phenoxy) is 1. The minimum atomic E-state index is 0.278. The van der Waals surface area contributed by atoms with E-state index in [9.17, 15) is 0 Å². The molecule has 0 saturated carbocycles. The van der Waals surface area contributed by atoms with Crippen LogP contribution in [0.2, 0.25) is 0 Å². The maximum atomic E-state index is 5.15. The van der Waals surface area contributed by atoms with Crippen LogP contribution < -0.4 is 4.74 Å². The molecule has 3 aromatic rings. The molecule has 5 nitrogen and oxygen atoms in total. The summed E-state index contributed by atoms with van der Waals surface area (Å²) in [7, 11) is 1.65. The smallest absolute Gasteiger partial charge is 0.183 e. The van der Waals surface area contributed by atoms with Gasteiger partial charge in [-0.1, -0.05) is 19.9 Å². The van der Waals surface area contributed by atoms with Crippen LogP contribution in [-0.2, 0) is 0 Å². The van der Waals surface area contributed by atoms with Crippen LogP contribution in [0.25, 0.3) is 5.65 Å². The first-order chi connectivity index (χ1) is 11.1. The Balaban J connectivity index is 2.04. The molecule has 0 spiro atoms. The molecule has 0 saturated heterocycles. The largest absolute Gasteiger partial charge is 0.497 e. The molecule has 0 unspecified atom stereocenters. The normalized spacial score (nSPS) is 11.7. The molecule has 0 aliphatic rings. The van der Waals surface area contributed by atoms with E-state index in [0.29, 0.717) is 0 Å². The second-order valence-electron chi connectivity index (χ2n) is 5.81. The lowest BCUT2D eigenvalue weighted by Gasteiger charge is -2.02. The zero-order valence-electron chi connectivity index (χ0n) is 13.8. The Kier molecular flexibility index (Phi) is 4.10. The fraction of sp³-hybridized carbons (Fsp3) is 0.278. The van der Waals surface area contributed by atoms with Crippen molar-refractivity contribution in [2.75, 3.05) is 7.11 Å². The van der Waals surface area contributed by atoms with Crippen LogP contribution in [0.4, 0.5) is 11.5 Å². The van der Waals surface area contributed by atoms with Crippen molar-refractivity contribution >= 4 is 17.2 Å². The molecule has 0 aliphatic heterocycles. The fourth-order valence-electron chi connectivity index (χ4n) is 2.40. The van der Waals surface area contributed by atoms with E-state index in [1.54, 1.807) is 7.11 Å². The Labute approximate surface area is 135 Å². The Morgan fingerprint density at radius 1 is 1.04 bits per heavy atom. The molecule has 2 aromatic heterocycles. The van der Waals surface area contributed by atoms with Gasteiger partial charge in [0, 0.05) is 6.20 Å². The van der Waals surface area contributed by atoms with Gasteiger partial charge >= 0.3 is 0 Å². The highest BCUT2D eigenvalue weighted by atomic mass is 16.5. The SMILES string of the molecule is COc1ccc(N=Nc2c(C(C)C)nc3ccc(C)cn23)cc1. The third kappa shape index (κ3) is 3.08. The highest BCUT2D eigenvalue weighted by molar-refractivity contribution is 5.54. The van der Waals surface area contributed by atoms with Crippen molar-refractivity contribution in [2.45, 2.75) is 26.7 Å². The van der Waals surface area contributed by atoms with Crippen LogP contribution in [0.15, 0.2) is 52.8 Å². The van der Waals surface area contributed by atoms with Gasteiger partial charge in [-0.05, 0) is 48.7 Å². The zero-order chi connectivity index (χ0) is 16.4. The molecule has 0 atom stereocenters. The van der Waals surface area contributed by atoms with Gasteiger partial charge in [0.15, 0.2) is 5.82 Å². The lowest BCUT2D eigenvalue weighted by atomic mass is 10.1. The molecule has 0 radical (unpaired) electrons. The summed E-state index contributed by atoms with van der Waals surface area (Å²) in [6, 6.07) is 11.6. The molecule has 0 fully saturated rings. The summed E-state index contributed by atoms with van der Waals surface area (Å²) in [6.45, 7) is 6.28. The maximum absolute atomic E-state index is 5.15. The van der Waals surface area contributed by atoms with E-state index in [0.717, 1.165) is 34.2 Å². The number of imidazole rings is 1. The molecule has 118 valence electrons. The molecule has 23 heavy (non-hydrogen) atoms. The van der Waals surface area contributed by atoms with Gasteiger partial charge in [0.1, 0.15) is 11.4 Å². The van der Waals surface area contributed by atoms with E-state index in [-0.39, 0.29) is 5.92 Å². The number of aryl methyl sites for hydroxylation is 1. The van der Waals surface area contributed by atoms with Gasteiger partial charge in [-0.25, -0.2) is 4.98 Å². The first-order valence-electron chi connectivity index (χ1n) is 7.63. The number of nitrogens with zero attached hydrogens (tertiary/aromatic N) is 4. The first-order valence-corrected chi connectivity index (χ1v) is 7.63. The summed E-state index contributed by atoms with van der Waals surface area (Å²) >= 11 is 0. The van der Waals surface area contributed by atoms with E-state index in [1.807, 2.05) is 40.9 Å². The summed E-state index contributed by atoms with van der Waals surface area (Å²) in [6.07, 6.45) is 2.04. The van der Waals surface area contributed by atoms with Gasteiger partial charge in [0.25, 0.3) is 0 Å². The van der Waals surface area contributed by atoms with Crippen molar-refractivity contribution in [1.82, 2.24) is 9.38 Å². The molecule has 5 heteroatoms. The number of hydrogen-bond donors (Lipinski definition) is 0. The van der Waals surface area contributed by atoms with Crippen molar-refractivity contribution < 1.29 is 4.74 Å². The van der Waals surface area contributed by atoms with Crippen molar-refractivity contribution in [2.24, 2.45) is 10.2 Å². The number of hydrogen-bond acceptors (Lipinski definition) is 4. The molecule has 1 aromatic carbocycles. The van der Waals surface area contributed by atoms with Crippen LogP contribution >= 0.6 is 0 Å². The Morgan fingerprint density at radius 3 is 2.43 bits per heavy atom. The molecular weight excluding hydrogens is 288 g/mol. The summed E-state index contributed by atoms with van der Waals surface area (Å²) in [5, 5.41) is 8.82. The topological polar surface area (TPSA) is 51.2 Å². The minimum Gasteiger partial charge on any atom is -0.497 e. The van der Waals surface area contributed by atoms with Crippen molar-refractivity contribution in [3.05, 3.63) is 53.9 Å². The average Bonchev–Trinajstić information content (AvgIpc) is 2.91. The fourth-order valence-corrected chi connectivity index (χ4v) is 2.40. The number of methoxy groups -OCH3 is 1. The molecular formula is C18H20N4O. The second-order valence-corrected chi connectivity index (χ2v) is 5.81. The van der Waals surface area contributed by atoms with Crippen LogP contribution in [0, 0.1) is 6.92 Å². The lowest BCUT2D eigenvalue weighted by Crippen LogP contribution is -1.88. The molecule has 0 amide bonds. The monoisotopic (exact) mass is 308 g/mol. The van der Waals surface area contributed by atoms with Crippen molar-refractivity contribution in [3.63, 3.8) is 0 Å². The summed E-state index contributed by atoms with van der Waals surface area (Å²) in [5.41, 5.74) is 3.78. The predicted molar refractivity (Wildman–Crippen MR) is 91.2 cm³/mol. The highest BCUT2D eigenvalue weighted by Crippen LogP contribution is 2.30. The quantitative estimate of drug-likeness (QED) is 0.623. The van der Waals surface area contributed by atoms with Crippen molar-refractivity contribution in [1.29, 1.82) is 0 Å². The Bertz CT molecular complexity index is 847. The van der Waals surface area contributed by atoms with Crippen LogP contribution in [-0.4, -0.2) is 16.5 Å². The van der Waals surface area contributed by atoms with E-state index >= 15 is 0 Å². The Morgan fingerprint density at radius 2 is 1.78 bits per heavy atom. The minimum absolute atomic E-state index is 0.278. The van der Waals surface area contributed by atoms with E-state index < -0.39 is 0 Å². The lowest BCUT2D eigenvalue weighted by molar-refractivity contribution is 0.415. The predicted octanol–water partition coefficient (Wildman–Crippen LogP) is 5.19. The van der Waals surface area contributed by atoms with Gasteiger partial charge < -0.3 is 4.74 Å². The van der Waals surface area contributed by atoms with Crippen LogP contribution in [0.1, 0.15) is 31.0 Å². The van der Waals surface area contributed by atoms with Gasteiger partial charge in [-0.2, -0.15) is 0 Å². The first kappa shape index (κ1) is 15.2. The third-order valence-electron chi connectivity index (χ3n) is 3.65.